The lowest BCUT2D eigenvalue weighted by Gasteiger charge is -2.19. The molecule has 10 heteroatoms. The lowest BCUT2D eigenvalue weighted by Crippen LogP contribution is -2.26. The normalized spacial score (nSPS) is 16.5. The quantitative estimate of drug-likeness (QED) is 0.696. The van der Waals surface area contributed by atoms with E-state index in [1.54, 1.807) is 4.90 Å². The number of nitrogens with two attached hydrogens (primary N) is 1. The number of rotatable bonds is 3. The Kier molecular flexibility index (Phi) is 4.02. The number of halogens is 3. The van der Waals surface area contributed by atoms with Gasteiger partial charge in [0.05, 0.1) is 11.0 Å². The topological polar surface area (TPSA) is 85.2 Å². The van der Waals surface area contributed by atoms with E-state index in [9.17, 15) is 8.78 Å². The number of nitrogen functional groups attached to an aromatic ring is 1. The van der Waals surface area contributed by atoms with Gasteiger partial charge in [-0.25, -0.2) is 18.7 Å². The van der Waals surface area contributed by atoms with Gasteiger partial charge in [0.1, 0.15) is 18.0 Å². The second-order valence-electron chi connectivity index (χ2n) is 6.35. The van der Waals surface area contributed by atoms with Crippen molar-refractivity contribution in [1.82, 2.24) is 24.6 Å². The minimum absolute atomic E-state index is 0.162. The Bertz CT molecular complexity index is 988. The van der Waals surface area contributed by atoms with Gasteiger partial charge in [0.25, 0.3) is 11.7 Å². The van der Waals surface area contributed by atoms with Gasteiger partial charge in [-0.1, -0.05) is 0 Å². The van der Waals surface area contributed by atoms with Crippen LogP contribution in [0.3, 0.4) is 0 Å². The lowest BCUT2D eigenvalue weighted by atomic mass is 10.1. The van der Waals surface area contributed by atoms with Crippen LogP contribution in [-0.2, 0) is 6.42 Å². The third-order valence-corrected chi connectivity index (χ3v) is 5.10. The molecular weight excluding hydrogens is 408 g/mol. The van der Waals surface area contributed by atoms with Crippen LogP contribution in [0.1, 0.15) is 23.4 Å². The Labute approximate surface area is 156 Å². The number of pyridine rings is 1. The molecule has 26 heavy (non-hydrogen) atoms. The maximum Gasteiger partial charge on any atom is 0.266 e. The van der Waals surface area contributed by atoms with Crippen LogP contribution in [-0.4, -0.2) is 43.6 Å². The van der Waals surface area contributed by atoms with Crippen molar-refractivity contribution < 1.29 is 8.78 Å². The van der Waals surface area contributed by atoms with Crippen LogP contribution in [0.25, 0.3) is 5.78 Å². The molecule has 136 valence electrons. The van der Waals surface area contributed by atoms with Crippen molar-refractivity contribution in [1.29, 1.82) is 0 Å². The van der Waals surface area contributed by atoms with Crippen molar-refractivity contribution in [2.45, 2.75) is 25.7 Å². The number of hydrogen-bond acceptors (Lipinski definition) is 6. The van der Waals surface area contributed by atoms with Crippen molar-refractivity contribution in [3.63, 3.8) is 0 Å². The van der Waals surface area contributed by atoms with E-state index in [1.165, 1.54) is 10.8 Å². The fourth-order valence-electron chi connectivity index (χ4n) is 3.12. The van der Waals surface area contributed by atoms with Gasteiger partial charge >= 0.3 is 0 Å². The Hall–Kier alpha value is -2.36. The molecule has 0 amide bonds. The Morgan fingerprint density at radius 3 is 2.85 bits per heavy atom. The first kappa shape index (κ1) is 17.1. The summed E-state index contributed by atoms with van der Waals surface area (Å²) in [6.45, 7) is 1.80. The first-order chi connectivity index (χ1) is 12.3. The maximum absolute atomic E-state index is 13.6. The van der Waals surface area contributed by atoms with Gasteiger partial charge in [-0.3, -0.25) is 0 Å². The van der Waals surface area contributed by atoms with Crippen LogP contribution >= 0.6 is 15.9 Å². The van der Waals surface area contributed by atoms with E-state index in [-0.39, 0.29) is 19.5 Å². The SMILES string of the molecule is Cc1nc2ncnn2c(N)c1Cc1ccc(Br)c(N2CCC(F)(F)C2)n1. The smallest absolute Gasteiger partial charge is 0.266 e. The maximum atomic E-state index is 13.6. The summed E-state index contributed by atoms with van der Waals surface area (Å²) >= 11 is 3.41. The van der Waals surface area contributed by atoms with Gasteiger partial charge in [0, 0.05) is 36.3 Å². The molecule has 0 atom stereocenters. The molecule has 0 aromatic carbocycles. The molecule has 0 bridgehead atoms. The van der Waals surface area contributed by atoms with Crippen LogP contribution in [0, 0.1) is 6.92 Å². The van der Waals surface area contributed by atoms with E-state index in [0.717, 1.165) is 17.0 Å². The molecular formula is C16H16BrF2N7. The number of fused-ring (bicyclic) bond motifs is 1. The Morgan fingerprint density at radius 2 is 2.12 bits per heavy atom. The Morgan fingerprint density at radius 1 is 1.31 bits per heavy atom. The molecule has 3 aromatic rings. The first-order valence-corrected chi connectivity index (χ1v) is 8.86. The van der Waals surface area contributed by atoms with E-state index in [2.05, 4.69) is 36.0 Å². The van der Waals surface area contributed by atoms with Gasteiger partial charge in [0.2, 0.25) is 0 Å². The van der Waals surface area contributed by atoms with Crippen LogP contribution in [0.4, 0.5) is 20.4 Å². The number of aromatic nitrogens is 5. The minimum Gasteiger partial charge on any atom is -0.383 e. The summed E-state index contributed by atoms with van der Waals surface area (Å²) in [5.74, 6) is -1.28. The van der Waals surface area contributed by atoms with Crippen LogP contribution < -0.4 is 10.6 Å². The van der Waals surface area contributed by atoms with Crippen molar-refractivity contribution in [3.8, 4) is 0 Å². The van der Waals surface area contributed by atoms with E-state index in [1.807, 2.05) is 19.1 Å². The van der Waals surface area contributed by atoms with Crippen molar-refractivity contribution >= 4 is 33.3 Å². The summed E-state index contributed by atoms with van der Waals surface area (Å²) in [5.41, 5.74) is 8.45. The second kappa shape index (κ2) is 6.11. The number of nitrogens with zero attached hydrogens (tertiary/aromatic N) is 6. The molecule has 1 aliphatic rings. The van der Waals surface area contributed by atoms with E-state index in [0.29, 0.717) is 28.3 Å². The first-order valence-electron chi connectivity index (χ1n) is 8.07. The molecule has 0 radical (unpaired) electrons. The number of aryl methyl sites for hydroxylation is 1. The Balaban J connectivity index is 1.68. The molecule has 7 nitrogen and oxygen atoms in total. The van der Waals surface area contributed by atoms with Crippen molar-refractivity contribution in [2.24, 2.45) is 0 Å². The fraction of sp³-hybridized carbons (Fsp3) is 0.375. The third kappa shape index (κ3) is 2.98. The van der Waals surface area contributed by atoms with Gasteiger partial charge in [-0.2, -0.15) is 14.6 Å². The van der Waals surface area contributed by atoms with E-state index in [4.69, 9.17) is 5.73 Å². The molecule has 1 saturated heterocycles. The highest BCUT2D eigenvalue weighted by Crippen LogP contribution is 2.34. The molecule has 0 unspecified atom stereocenters. The number of alkyl halides is 2. The summed E-state index contributed by atoms with van der Waals surface area (Å²) in [5, 5.41) is 4.07. The summed E-state index contributed by atoms with van der Waals surface area (Å²) in [4.78, 5) is 14.6. The molecule has 0 aliphatic carbocycles. The van der Waals surface area contributed by atoms with E-state index < -0.39 is 5.92 Å². The summed E-state index contributed by atoms with van der Waals surface area (Å²) in [7, 11) is 0. The number of anilines is 2. The average Bonchev–Trinajstić information content (AvgIpc) is 3.19. The third-order valence-electron chi connectivity index (χ3n) is 4.48. The molecule has 0 saturated carbocycles. The molecule has 0 spiro atoms. The zero-order valence-electron chi connectivity index (χ0n) is 14.0. The molecule has 3 aromatic heterocycles. The fourth-order valence-corrected chi connectivity index (χ4v) is 3.59. The molecule has 4 heterocycles. The molecule has 2 N–H and O–H groups in total. The minimum atomic E-state index is -2.68. The van der Waals surface area contributed by atoms with Gasteiger partial charge in [0.15, 0.2) is 0 Å². The second-order valence-corrected chi connectivity index (χ2v) is 7.20. The monoisotopic (exact) mass is 423 g/mol. The van der Waals surface area contributed by atoms with Crippen LogP contribution in [0.5, 0.6) is 0 Å². The lowest BCUT2D eigenvalue weighted by molar-refractivity contribution is 0.0256. The van der Waals surface area contributed by atoms with Crippen LogP contribution in [0.15, 0.2) is 22.9 Å². The predicted octanol–water partition coefficient (Wildman–Crippen LogP) is 2.61. The zero-order chi connectivity index (χ0) is 18.5. The number of hydrogen-bond donors (Lipinski definition) is 1. The molecule has 1 aliphatic heterocycles. The van der Waals surface area contributed by atoms with E-state index >= 15 is 0 Å². The van der Waals surface area contributed by atoms with Crippen molar-refractivity contribution in [2.75, 3.05) is 23.7 Å². The average molecular weight is 424 g/mol. The summed E-state index contributed by atoms with van der Waals surface area (Å²) in [6, 6.07) is 3.66. The van der Waals surface area contributed by atoms with Crippen LogP contribution in [0.2, 0.25) is 0 Å². The standard InChI is InChI=1S/C16H16BrF2N7/c1-9-11(13(20)26-15(23-9)21-8-22-26)6-10-2-3-12(17)14(24-10)25-5-4-16(18,19)7-25/h2-3,8H,4-7,20H2,1H3. The zero-order valence-corrected chi connectivity index (χ0v) is 15.5. The van der Waals surface area contributed by atoms with Gasteiger partial charge in [-0.15, -0.1) is 0 Å². The van der Waals surface area contributed by atoms with Gasteiger partial charge in [-0.05, 0) is 35.0 Å². The largest absolute Gasteiger partial charge is 0.383 e. The summed E-state index contributed by atoms with van der Waals surface area (Å²) < 4.78 is 29.3. The highest BCUT2D eigenvalue weighted by molar-refractivity contribution is 9.10. The summed E-state index contributed by atoms with van der Waals surface area (Å²) in [6.07, 6.45) is 1.65. The molecule has 1 fully saturated rings. The van der Waals surface area contributed by atoms with Gasteiger partial charge < -0.3 is 10.6 Å². The highest BCUT2D eigenvalue weighted by Gasteiger charge is 2.39. The molecule has 4 rings (SSSR count). The highest BCUT2D eigenvalue weighted by atomic mass is 79.9. The predicted molar refractivity (Wildman–Crippen MR) is 96.5 cm³/mol. The van der Waals surface area contributed by atoms with Crippen molar-refractivity contribution in [3.05, 3.63) is 39.9 Å².